The maximum atomic E-state index is 13.6. The second kappa shape index (κ2) is 14.8. The van der Waals surface area contributed by atoms with Crippen molar-refractivity contribution in [2.24, 2.45) is 0 Å². The predicted molar refractivity (Wildman–Crippen MR) is 179 cm³/mol. The highest BCUT2D eigenvalue weighted by Gasteiger charge is 2.28. The molecule has 1 aromatic heterocycles. The zero-order valence-corrected chi connectivity index (χ0v) is 28.0. The topological polar surface area (TPSA) is 151 Å². The number of rotatable bonds is 10. The van der Waals surface area contributed by atoms with Crippen molar-refractivity contribution in [3.05, 3.63) is 60.3 Å². The van der Waals surface area contributed by atoms with Gasteiger partial charge in [-0.15, -0.1) is 0 Å². The predicted octanol–water partition coefficient (Wildman–Crippen LogP) is 5.08. The van der Waals surface area contributed by atoms with E-state index in [1.54, 1.807) is 39.1 Å². The van der Waals surface area contributed by atoms with Gasteiger partial charge in [-0.05, 0) is 57.9 Å². The molecule has 248 valence electrons. The number of anilines is 2. The van der Waals surface area contributed by atoms with Gasteiger partial charge in [0, 0.05) is 61.5 Å². The van der Waals surface area contributed by atoms with Crippen LogP contribution in [0, 0.1) is 0 Å². The Labute approximate surface area is 274 Å². The fraction of sp³-hybridized carbons (Fsp3) is 0.469. The van der Waals surface area contributed by atoms with E-state index in [1.165, 1.54) is 17.4 Å². The molecule has 5 rings (SSSR count). The average molecular weight is 671 g/mol. The van der Waals surface area contributed by atoms with Gasteiger partial charge in [0.15, 0.2) is 5.13 Å². The molecule has 2 amide bonds. The quantitative estimate of drug-likeness (QED) is 0.232. The van der Waals surface area contributed by atoms with E-state index in [4.69, 9.17) is 9.47 Å². The highest BCUT2D eigenvalue weighted by atomic mass is 32.2. The van der Waals surface area contributed by atoms with Crippen molar-refractivity contribution in [1.82, 2.24) is 20.3 Å². The third-order valence-corrected chi connectivity index (χ3v) is 10.5. The van der Waals surface area contributed by atoms with Crippen LogP contribution in [0.5, 0.6) is 0 Å². The van der Waals surface area contributed by atoms with Gasteiger partial charge in [0.25, 0.3) is 0 Å². The molecular weight excluding hydrogens is 629 g/mol. The molecule has 0 unspecified atom stereocenters. The van der Waals surface area contributed by atoms with E-state index < -0.39 is 27.7 Å². The van der Waals surface area contributed by atoms with Crippen LogP contribution in [-0.2, 0) is 26.0 Å². The Morgan fingerprint density at radius 3 is 2.52 bits per heavy atom. The number of alkyl carbamates (subject to hydrolysis) is 1. The molecule has 0 saturated carbocycles. The molecule has 0 radical (unpaired) electrons. The number of carbonyl (C=O) groups excluding carboxylic acids is 2. The Kier molecular flexibility index (Phi) is 10.8. The number of ether oxygens (including phenoxy) is 2. The summed E-state index contributed by atoms with van der Waals surface area (Å²) in [4.78, 5) is 32.2. The third-order valence-electron chi connectivity index (χ3n) is 7.56. The average Bonchev–Trinajstić information content (AvgIpc) is 3.72. The molecule has 0 bridgehead atoms. The van der Waals surface area contributed by atoms with E-state index in [0.717, 1.165) is 30.1 Å². The van der Waals surface area contributed by atoms with Gasteiger partial charge in [-0.2, -0.15) is 0 Å². The number of sulfonamides is 1. The van der Waals surface area contributed by atoms with E-state index in [-0.39, 0.29) is 23.6 Å². The van der Waals surface area contributed by atoms with Gasteiger partial charge in [0.05, 0.1) is 9.77 Å². The van der Waals surface area contributed by atoms with Gasteiger partial charge in [-0.3, -0.25) is 5.32 Å². The van der Waals surface area contributed by atoms with Crippen molar-refractivity contribution < 1.29 is 27.5 Å². The molecule has 2 aliphatic heterocycles. The number of benzene rings is 2. The molecule has 14 heteroatoms. The van der Waals surface area contributed by atoms with Crippen LogP contribution in [0.25, 0.3) is 10.4 Å². The van der Waals surface area contributed by atoms with Crippen LogP contribution in [0.15, 0.2) is 59.6 Å². The zero-order valence-electron chi connectivity index (χ0n) is 26.4. The Balaban J connectivity index is 1.24. The summed E-state index contributed by atoms with van der Waals surface area (Å²) in [6.07, 6.45) is 3.67. The van der Waals surface area contributed by atoms with Crippen molar-refractivity contribution in [1.29, 1.82) is 0 Å². The normalized spacial score (nSPS) is 17.5. The minimum Gasteiger partial charge on any atom is -0.448 e. The summed E-state index contributed by atoms with van der Waals surface area (Å²) in [5.41, 5.74) is 1.06. The molecule has 2 aromatic carbocycles. The molecule has 2 fully saturated rings. The first-order valence-electron chi connectivity index (χ1n) is 15.5. The van der Waals surface area contributed by atoms with Gasteiger partial charge in [0.2, 0.25) is 10.0 Å². The molecule has 3 heterocycles. The van der Waals surface area contributed by atoms with Gasteiger partial charge >= 0.3 is 12.2 Å². The fourth-order valence-electron chi connectivity index (χ4n) is 5.38. The number of amides is 2. The summed E-state index contributed by atoms with van der Waals surface area (Å²) in [5.74, 6) is 0. The summed E-state index contributed by atoms with van der Waals surface area (Å²) in [7, 11) is -3.98. The van der Waals surface area contributed by atoms with Gasteiger partial charge in [0.1, 0.15) is 12.7 Å². The summed E-state index contributed by atoms with van der Waals surface area (Å²) in [6, 6.07) is 14.6. The molecule has 0 spiro atoms. The molecule has 2 saturated heterocycles. The first-order valence-corrected chi connectivity index (χ1v) is 17.8. The summed E-state index contributed by atoms with van der Waals surface area (Å²) >= 11 is 1.39. The van der Waals surface area contributed by atoms with E-state index >= 15 is 0 Å². The van der Waals surface area contributed by atoms with Crippen molar-refractivity contribution in [2.45, 2.75) is 75.6 Å². The number of thiazole rings is 1. The van der Waals surface area contributed by atoms with Crippen LogP contribution in [-0.4, -0.2) is 69.5 Å². The number of carbonyl (C=O) groups is 2. The van der Waals surface area contributed by atoms with Crippen molar-refractivity contribution in [3.63, 3.8) is 0 Å². The first-order chi connectivity index (χ1) is 21.9. The lowest BCUT2D eigenvalue weighted by molar-refractivity contribution is 0.0828. The summed E-state index contributed by atoms with van der Waals surface area (Å²) in [5, 5.41) is 9.49. The third kappa shape index (κ3) is 9.41. The minimum absolute atomic E-state index is 0.0292. The highest BCUT2D eigenvalue weighted by molar-refractivity contribution is 7.89. The van der Waals surface area contributed by atoms with Gasteiger partial charge < -0.3 is 25.0 Å². The number of aromatic nitrogens is 1. The number of hydrogen-bond donors (Lipinski definition) is 4. The van der Waals surface area contributed by atoms with Crippen LogP contribution in [0.4, 0.5) is 20.4 Å². The van der Waals surface area contributed by atoms with E-state index in [1.807, 2.05) is 30.3 Å². The Morgan fingerprint density at radius 1 is 1.07 bits per heavy atom. The standard InChI is InChI=1S/C32H42N6O6S2/c1-32(2,3)37-46(41,42)28-18-23(36-31(40)43-21-24-10-7-15-33-24)11-12-26(28)27-20-34-29(45-27)38-16-13-25(14-17-38)44-30(39)35-19-22-8-5-4-6-9-22/h4-6,8-9,11-12,18,20,24-25,33,37H,7,10,13-17,19,21H2,1-3H3,(H,35,39)(H,36,40)/t24-/m0/s1. The van der Waals surface area contributed by atoms with Gasteiger partial charge in [-0.1, -0.05) is 47.7 Å². The Hall–Kier alpha value is -3.72. The van der Waals surface area contributed by atoms with E-state index in [2.05, 4.69) is 30.6 Å². The molecular formula is C32H42N6O6S2. The Bertz CT molecular complexity index is 1590. The molecule has 3 aromatic rings. The molecule has 2 aliphatic rings. The monoisotopic (exact) mass is 670 g/mol. The SMILES string of the molecule is CC(C)(C)NS(=O)(=O)c1cc(NC(=O)OC[C@@H]2CCCN2)ccc1-c1cnc(N2CCC(OC(=O)NCc3ccccc3)CC2)s1. The Morgan fingerprint density at radius 2 is 1.83 bits per heavy atom. The number of nitrogens with one attached hydrogen (secondary N) is 4. The first kappa shape index (κ1) is 33.6. The van der Waals surface area contributed by atoms with Crippen LogP contribution >= 0.6 is 11.3 Å². The van der Waals surface area contributed by atoms with Crippen molar-refractivity contribution >= 4 is 44.4 Å². The van der Waals surface area contributed by atoms with Crippen molar-refractivity contribution in [3.8, 4) is 10.4 Å². The van der Waals surface area contributed by atoms with Crippen LogP contribution < -0.4 is 25.6 Å². The maximum Gasteiger partial charge on any atom is 0.411 e. The highest BCUT2D eigenvalue weighted by Crippen LogP contribution is 2.37. The fourth-order valence-corrected chi connectivity index (χ4v) is 8.11. The molecule has 12 nitrogen and oxygen atoms in total. The maximum absolute atomic E-state index is 13.6. The number of piperidine rings is 1. The lowest BCUT2D eigenvalue weighted by Gasteiger charge is -2.31. The van der Waals surface area contributed by atoms with Gasteiger partial charge in [-0.25, -0.2) is 27.7 Å². The number of hydrogen-bond acceptors (Lipinski definition) is 10. The number of nitrogens with zero attached hydrogens (tertiary/aromatic N) is 2. The van der Waals surface area contributed by atoms with Crippen LogP contribution in [0.2, 0.25) is 0 Å². The summed E-state index contributed by atoms with van der Waals surface area (Å²) < 4.78 is 40.9. The van der Waals surface area contributed by atoms with Crippen molar-refractivity contribution in [2.75, 3.05) is 36.5 Å². The molecule has 1 atom stereocenters. The van der Waals surface area contributed by atoms with Crippen LogP contribution in [0.1, 0.15) is 52.0 Å². The van der Waals surface area contributed by atoms with E-state index in [0.29, 0.717) is 48.6 Å². The zero-order chi connectivity index (χ0) is 32.7. The molecule has 0 aliphatic carbocycles. The van der Waals surface area contributed by atoms with Crippen LogP contribution in [0.3, 0.4) is 0 Å². The molecule has 46 heavy (non-hydrogen) atoms. The second-order valence-electron chi connectivity index (χ2n) is 12.5. The summed E-state index contributed by atoms with van der Waals surface area (Å²) in [6.45, 7) is 8.14. The lowest BCUT2D eigenvalue weighted by Crippen LogP contribution is -2.40. The minimum atomic E-state index is -3.98. The largest absolute Gasteiger partial charge is 0.448 e. The molecule has 4 N–H and O–H groups in total. The lowest BCUT2D eigenvalue weighted by atomic mass is 10.1. The second-order valence-corrected chi connectivity index (χ2v) is 15.2. The van der Waals surface area contributed by atoms with E-state index in [9.17, 15) is 18.0 Å². The smallest absolute Gasteiger partial charge is 0.411 e.